The smallest absolute Gasteiger partial charge is 0.0959 e. The number of thiazole rings is 1. The van der Waals surface area contributed by atoms with Gasteiger partial charge < -0.3 is 5.11 Å². The topological polar surface area (TPSA) is 33.1 Å². The van der Waals surface area contributed by atoms with Crippen molar-refractivity contribution in [1.82, 2.24) is 4.98 Å². The van der Waals surface area contributed by atoms with Gasteiger partial charge in [0.1, 0.15) is 0 Å². The molecule has 0 atom stereocenters. The van der Waals surface area contributed by atoms with Gasteiger partial charge in [0, 0.05) is 17.2 Å². The Morgan fingerprint density at radius 1 is 1.06 bits per heavy atom. The van der Waals surface area contributed by atoms with Crippen molar-refractivity contribution in [2.75, 3.05) is 0 Å². The number of nitrogens with zero attached hydrogens (tertiary/aromatic N) is 1. The largest absolute Gasteiger partial charge is 0.393 e. The Morgan fingerprint density at radius 3 is 2.44 bits per heavy atom. The van der Waals surface area contributed by atoms with Crippen molar-refractivity contribution >= 4 is 11.3 Å². The zero-order chi connectivity index (χ0) is 11.0. The van der Waals surface area contributed by atoms with Crippen LogP contribution in [0.15, 0.2) is 5.38 Å². The van der Waals surface area contributed by atoms with E-state index >= 15 is 0 Å². The molecule has 88 valence electrons. The van der Waals surface area contributed by atoms with E-state index in [1.807, 2.05) is 11.3 Å². The molecule has 0 spiro atoms. The molecule has 1 aromatic heterocycles. The van der Waals surface area contributed by atoms with Crippen LogP contribution in [-0.4, -0.2) is 16.2 Å². The van der Waals surface area contributed by atoms with Crippen LogP contribution in [0, 0.1) is 0 Å². The van der Waals surface area contributed by atoms with Crippen LogP contribution in [0.3, 0.4) is 0 Å². The minimum absolute atomic E-state index is 0.0534. The average molecular weight is 237 g/mol. The molecule has 1 N–H and O–H groups in total. The van der Waals surface area contributed by atoms with Gasteiger partial charge in [-0.25, -0.2) is 4.98 Å². The maximum Gasteiger partial charge on any atom is 0.0959 e. The monoisotopic (exact) mass is 237 g/mol. The summed E-state index contributed by atoms with van der Waals surface area (Å²) in [6, 6.07) is 0. The van der Waals surface area contributed by atoms with Crippen molar-refractivity contribution in [3.8, 4) is 0 Å². The number of aliphatic hydroxyl groups is 1. The Kier molecular flexibility index (Phi) is 2.99. The van der Waals surface area contributed by atoms with Gasteiger partial charge in [0.2, 0.25) is 0 Å². The highest BCUT2D eigenvalue weighted by Crippen LogP contribution is 2.40. The molecule has 0 aliphatic heterocycles. The van der Waals surface area contributed by atoms with Crippen LogP contribution in [0.4, 0.5) is 0 Å². The number of hydrogen-bond acceptors (Lipinski definition) is 3. The van der Waals surface area contributed by atoms with E-state index in [1.54, 1.807) is 0 Å². The summed E-state index contributed by atoms with van der Waals surface area (Å²) >= 11 is 1.84. The molecule has 0 saturated heterocycles. The lowest BCUT2D eigenvalue weighted by Crippen LogP contribution is -2.17. The van der Waals surface area contributed by atoms with E-state index in [0.717, 1.165) is 31.6 Å². The molecule has 2 aliphatic rings. The summed E-state index contributed by atoms with van der Waals surface area (Å²) in [5.41, 5.74) is 1.34. The zero-order valence-electron chi connectivity index (χ0n) is 9.56. The summed E-state index contributed by atoms with van der Waals surface area (Å²) in [7, 11) is 0. The van der Waals surface area contributed by atoms with Crippen molar-refractivity contribution in [1.29, 1.82) is 0 Å². The molecular weight excluding hydrogens is 218 g/mol. The third-order valence-corrected chi connectivity index (χ3v) is 5.13. The van der Waals surface area contributed by atoms with E-state index in [9.17, 15) is 5.11 Å². The number of rotatable bonds is 2. The Balaban J connectivity index is 1.67. The lowest BCUT2D eigenvalue weighted by atomic mass is 9.83. The molecule has 1 aromatic rings. The Labute approximate surface area is 101 Å². The van der Waals surface area contributed by atoms with Gasteiger partial charge in [-0.15, -0.1) is 11.3 Å². The lowest BCUT2D eigenvalue weighted by molar-refractivity contribution is 0.122. The maximum absolute atomic E-state index is 9.50. The van der Waals surface area contributed by atoms with E-state index in [4.69, 9.17) is 4.98 Å². The van der Waals surface area contributed by atoms with Crippen LogP contribution in [0.25, 0.3) is 0 Å². The molecule has 0 aromatic carbocycles. The first kappa shape index (κ1) is 10.7. The summed E-state index contributed by atoms with van der Waals surface area (Å²) in [6.07, 6.45) is 8.18. The van der Waals surface area contributed by atoms with Crippen molar-refractivity contribution in [2.24, 2.45) is 0 Å². The van der Waals surface area contributed by atoms with Crippen molar-refractivity contribution in [3.63, 3.8) is 0 Å². The maximum atomic E-state index is 9.50. The average Bonchev–Trinajstić information content (AvgIpc) is 2.65. The van der Waals surface area contributed by atoms with Crippen molar-refractivity contribution in [3.05, 3.63) is 16.1 Å². The normalized spacial score (nSPS) is 31.3. The molecule has 3 rings (SSSR count). The second-order valence-corrected chi connectivity index (χ2v) is 6.13. The summed E-state index contributed by atoms with van der Waals surface area (Å²) in [4.78, 5) is 4.82. The van der Waals surface area contributed by atoms with Crippen LogP contribution >= 0.6 is 11.3 Å². The lowest BCUT2D eigenvalue weighted by Gasteiger charge is -2.25. The van der Waals surface area contributed by atoms with Gasteiger partial charge in [-0.1, -0.05) is 6.42 Å². The van der Waals surface area contributed by atoms with E-state index < -0.39 is 0 Å². The fraction of sp³-hybridized carbons (Fsp3) is 0.769. The van der Waals surface area contributed by atoms with Gasteiger partial charge in [0.05, 0.1) is 16.8 Å². The molecule has 3 heteroatoms. The fourth-order valence-electron chi connectivity index (χ4n) is 2.70. The molecule has 1 heterocycles. The molecule has 2 aliphatic carbocycles. The summed E-state index contributed by atoms with van der Waals surface area (Å²) in [5, 5.41) is 13.1. The van der Waals surface area contributed by atoms with Gasteiger partial charge >= 0.3 is 0 Å². The third kappa shape index (κ3) is 2.03. The Morgan fingerprint density at radius 2 is 1.81 bits per heavy atom. The molecule has 2 nitrogen and oxygen atoms in total. The van der Waals surface area contributed by atoms with Crippen LogP contribution in [0.2, 0.25) is 0 Å². The van der Waals surface area contributed by atoms with Crippen LogP contribution in [0.1, 0.15) is 67.5 Å². The number of aromatic nitrogens is 1. The van der Waals surface area contributed by atoms with Gasteiger partial charge in [-0.05, 0) is 38.5 Å². The molecule has 0 bridgehead atoms. The van der Waals surface area contributed by atoms with E-state index in [-0.39, 0.29) is 6.10 Å². The summed E-state index contributed by atoms with van der Waals surface area (Å²) in [6.45, 7) is 0. The molecule has 2 saturated carbocycles. The first-order valence-corrected chi connectivity index (χ1v) is 7.34. The quantitative estimate of drug-likeness (QED) is 0.855. The van der Waals surface area contributed by atoms with Gasteiger partial charge in [0.15, 0.2) is 0 Å². The fourth-order valence-corrected chi connectivity index (χ4v) is 3.78. The Hall–Kier alpha value is -0.410. The predicted molar refractivity (Wildman–Crippen MR) is 65.9 cm³/mol. The first-order valence-electron chi connectivity index (χ1n) is 6.46. The second kappa shape index (κ2) is 4.46. The van der Waals surface area contributed by atoms with Crippen molar-refractivity contribution in [2.45, 2.75) is 62.9 Å². The highest BCUT2D eigenvalue weighted by atomic mass is 32.1. The molecule has 0 amide bonds. The van der Waals surface area contributed by atoms with E-state index in [1.165, 1.54) is 30.0 Å². The number of hydrogen-bond donors (Lipinski definition) is 1. The van der Waals surface area contributed by atoms with Gasteiger partial charge in [-0.2, -0.15) is 0 Å². The Bertz CT molecular complexity index is 351. The highest BCUT2D eigenvalue weighted by Gasteiger charge is 2.26. The minimum atomic E-state index is -0.0534. The van der Waals surface area contributed by atoms with Crippen molar-refractivity contribution < 1.29 is 5.11 Å². The highest BCUT2D eigenvalue weighted by molar-refractivity contribution is 7.09. The molecular formula is C13H19NOS. The van der Waals surface area contributed by atoms with Crippen LogP contribution in [0.5, 0.6) is 0 Å². The van der Waals surface area contributed by atoms with Gasteiger partial charge in [0.25, 0.3) is 0 Å². The molecule has 16 heavy (non-hydrogen) atoms. The minimum Gasteiger partial charge on any atom is -0.393 e. The summed E-state index contributed by atoms with van der Waals surface area (Å²) < 4.78 is 0. The molecule has 0 radical (unpaired) electrons. The van der Waals surface area contributed by atoms with E-state index in [2.05, 4.69) is 5.38 Å². The van der Waals surface area contributed by atoms with Crippen LogP contribution in [-0.2, 0) is 0 Å². The predicted octanol–water partition coefficient (Wildman–Crippen LogP) is 3.43. The van der Waals surface area contributed by atoms with Crippen LogP contribution < -0.4 is 0 Å². The summed E-state index contributed by atoms with van der Waals surface area (Å²) in [5.74, 6) is 1.39. The van der Waals surface area contributed by atoms with Gasteiger partial charge in [-0.3, -0.25) is 0 Å². The molecule has 2 fully saturated rings. The first-order chi connectivity index (χ1) is 7.83. The zero-order valence-corrected chi connectivity index (χ0v) is 10.4. The number of aliphatic hydroxyl groups excluding tert-OH is 1. The third-order valence-electron chi connectivity index (χ3n) is 4.11. The standard InChI is InChI=1S/C13H19NOS/c15-11-6-4-10(5-7-11)13-14-12(8-16-13)9-2-1-3-9/h8-11,15H,1-7H2. The van der Waals surface area contributed by atoms with E-state index in [0.29, 0.717) is 5.92 Å². The second-order valence-electron chi connectivity index (χ2n) is 5.24. The molecule has 0 unspecified atom stereocenters. The SMILES string of the molecule is OC1CCC(c2nc(C3CCC3)cs2)CC1.